The quantitative estimate of drug-likeness (QED) is 0.528. The highest BCUT2D eigenvalue weighted by molar-refractivity contribution is 5.52. The number of nitrogens with zero attached hydrogens (tertiary/aromatic N) is 1. The number of nitro groups is 1. The van der Waals surface area contributed by atoms with Gasteiger partial charge in [-0.15, -0.1) is 0 Å². The first-order valence-electron chi connectivity index (χ1n) is 5.89. The molecule has 0 radical (unpaired) electrons. The Kier molecular flexibility index (Phi) is 3.84. The lowest BCUT2D eigenvalue weighted by atomic mass is 10.1. The van der Waals surface area contributed by atoms with E-state index in [1.54, 1.807) is 19.1 Å². The summed E-state index contributed by atoms with van der Waals surface area (Å²) in [7, 11) is 0. The second-order valence-corrected chi connectivity index (χ2v) is 4.32. The molecule has 2 N–H and O–H groups in total. The minimum Gasteiger partial charge on any atom is -0.486 e. The predicted molar refractivity (Wildman–Crippen MR) is 73.0 cm³/mol. The smallest absolute Gasteiger partial charge is 0.269 e. The SMILES string of the molecule is Cc1cccc(OCc2cc([N+](=O)[O-])ccc2N)c1F. The molecule has 104 valence electrons. The zero-order chi connectivity index (χ0) is 14.7. The van der Waals surface area contributed by atoms with Gasteiger partial charge < -0.3 is 10.5 Å². The zero-order valence-electron chi connectivity index (χ0n) is 10.8. The lowest BCUT2D eigenvalue weighted by molar-refractivity contribution is -0.384. The van der Waals surface area contributed by atoms with Crippen molar-refractivity contribution < 1.29 is 14.1 Å². The molecule has 0 spiro atoms. The van der Waals surface area contributed by atoms with Gasteiger partial charge in [0, 0.05) is 23.4 Å². The van der Waals surface area contributed by atoms with Crippen LogP contribution in [0, 0.1) is 22.9 Å². The summed E-state index contributed by atoms with van der Waals surface area (Å²) in [6.45, 7) is 1.60. The molecule has 0 aromatic heterocycles. The van der Waals surface area contributed by atoms with Crippen LogP contribution < -0.4 is 10.5 Å². The molecule has 0 aliphatic carbocycles. The van der Waals surface area contributed by atoms with Crippen LogP contribution in [0.1, 0.15) is 11.1 Å². The van der Waals surface area contributed by atoms with Crippen molar-refractivity contribution in [3.8, 4) is 5.75 Å². The van der Waals surface area contributed by atoms with Gasteiger partial charge in [-0.2, -0.15) is 0 Å². The standard InChI is InChI=1S/C14H13FN2O3/c1-9-3-2-4-13(14(9)15)20-8-10-7-11(17(18)19)5-6-12(10)16/h2-7H,8,16H2,1H3. The molecule has 5 nitrogen and oxygen atoms in total. The van der Waals surface area contributed by atoms with Gasteiger partial charge in [0.2, 0.25) is 0 Å². The summed E-state index contributed by atoms with van der Waals surface area (Å²) in [6.07, 6.45) is 0. The first-order valence-corrected chi connectivity index (χ1v) is 5.89. The number of non-ortho nitro benzene ring substituents is 1. The maximum atomic E-state index is 13.7. The fraction of sp³-hybridized carbons (Fsp3) is 0.143. The third-order valence-corrected chi connectivity index (χ3v) is 2.88. The van der Waals surface area contributed by atoms with E-state index in [9.17, 15) is 14.5 Å². The van der Waals surface area contributed by atoms with Crippen LogP contribution in [0.5, 0.6) is 5.75 Å². The minimum absolute atomic E-state index is 0.0338. The Morgan fingerprint density at radius 1 is 1.35 bits per heavy atom. The number of nitrogens with two attached hydrogens (primary N) is 1. The number of anilines is 1. The van der Waals surface area contributed by atoms with Crippen LogP contribution >= 0.6 is 0 Å². The molecule has 0 unspecified atom stereocenters. The molecule has 0 bridgehead atoms. The van der Waals surface area contributed by atoms with E-state index in [0.29, 0.717) is 16.8 Å². The molecule has 2 aromatic rings. The van der Waals surface area contributed by atoms with E-state index >= 15 is 0 Å². The van der Waals surface area contributed by atoms with Gasteiger partial charge in [0.25, 0.3) is 5.69 Å². The van der Waals surface area contributed by atoms with Crippen LogP contribution in [0.15, 0.2) is 36.4 Å². The third-order valence-electron chi connectivity index (χ3n) is 2.88. The lowest BCUT2D eigenvalue weighted by Crippen LogP contribution is -2.03. The van der Waals surface area contributed by atoms with Crippen LogP contribution in [-0.4, -0.2) is 4.92 Å². The molecule has 0 saturated heterocycles. The second-order valence-electron chi connectivity index (χ2n) is 4.32. The molecule has 0 heterocycles. The molecule has 2 aromatic carbocycles. The summed E-state index contributed by atoms with van der Waals surface area (Å²) in [5.74, 6) is -0.354. The van der Waals surface area contributed by atoms with Gasteiger partial charge in [0.05, 0.1) is 4.92 Å². The van der Waals surface area contributed by atoms with Crippen molar-refractivity contribution in [1.29, 1.82) is 0 Å². The first-order chi connectivity index (χ1) is 9.49. The Bertz CT molecular complexity index is 659. The molecule has 0 saturated carbocycles. The Morgan fingerprint density at radius 2 is 2.10 bits per heavy atom. The number of halogens is 1. The molecule has 20 heavy (non-hydrogen) atoms. The van der Waals surface area contributed by atoms with E-state index in [1.807, 2.05) is 0 Å². The van der Waals surface area contributed by atoms with Crippen molar-refractivity contribution in [3.63, 3.8) is 0 Å². The Hall–Kier alpha value is -2.63. The third kappa shape index (κ3) is 2.85. The number of nitrogen functional groups attached to an aromatic ring is 1. The maximum absolute atomic E-state index is 13.7. The first kappa shape index (κ1) is 13.8. The largest absolute Gasteiger partial charge is 0.486 e. The van der Waals surface area contributed by atoms with Crippen LogP contribution in [0.4, 0.5) is 15.8 Å². The summed E-state index contributed by atoms with van der Waals surface area (Å²) >= 11 is 0. The Labute approximate surface area is 114 Å². The molecule has 2 rings (SSSR count). The van der Waals surface area contributed by atoms with E-state index in [-0.39, 0.29) is 18.0 Å². The summed E-state index contributed by atoms with van der Waals surface area (Å²) in [5.41, 5.74) is 6.92. The highest BCUT2D eigenvalue weighted by Crippen LogP contribution is 2.24. The van der Waals surface area contributed by atoms with Gasteiger partial charge in [0.1, 0.15) is 6.61 Å². The molecular weight excluding hydrogens is 263 g/mol. The fourth-order valence-electron chi connectivity index (χ4n) is 1.72. The van der Waals surface area contributed by atoms with E-state index in [4.69, 9.17) is 10.5 Å². The van der Waals surface area contributed by atoms with Crippen molar-refractivity contribution in [2.45, 2.75) is 13.5 Å². The van der Waals surface area contributed by atoms with Crippen molar-refractivity contribution in [2.24, 2.45) is 0 Å². The van der Waals surface area contributed by atoms with Gasteiger partial charge in [-0.25, -0.2) is 4.39 Å². The number of rotatable bonds is 4. The average molecular weight is 276 g/mol. The molecular formula is C14H13FN2O3. The second kappa shape index (κ2) is 5.56. The molecule has 0 atom stereocenters. The summed E-state index contributed by atoms with van der Waals surface area (Å²) in [5, 5.41) is 10.7. The van der Waals surface area contributed by atoms with Crippen LogP contribution in [-0.2, 0) is 6.61 Å². The molecule has 0 amide bonds. The van der Waals surface area contributed by atoms with Crippen molar-refractivity contribution in [1.82, 2.24) is 0 Å². The van der Waals surface area contributed by atoms with Crippen LogP contribution in [0.25, 0.3) is 0 Å². The lowest BCUT2D eigenvalue weighted by Gasteiger charge is -2.10. The number of hydrogen-bond donors (Lipinski definition) is 1. The average Bonchev–Trinajstić information content (AvgIpc) is 2.41. The summed E-state index contributed by atoms with van der Waals surface area (Å²) in [6, 6.07) is 8.86. The van der Waals surface area contributed by atoms with E-state index in [0.717, 1.165) is 0 Å². The summed E-state index contributed by atoms with van der Waals surface area (Å²) in [4.78, 5) is 10.2. The molecule has 6 heteroatoms. The zero-order valence-corrected chi connectivity index (χ0v) is 10.8. The predicted octanol–water partition coefficient (Wildman–Crippen LogP) is 3.20. The molecule has 0 aliphatic rings. The van der Waals surface area contributed by atoms with Gasteiger partial charge in [-0.3, -0.25) is 10.1 Å². The van der Waals surface area contributed by atoms with E-state index in [2.05, 4.69) is 0 Å². The monoisotopic (exact) mass is 276 g/mol. The van der Waals surface area contributed by atoms with E-state index in [1.165, 1.54) is 24.3 Å². The number of nitro benzene ring substituents is 1. The topological polar surface area (TPSA) is 78.4 Å². The number of hydrogen-bond acceptors (Lipinski definition) is 4. The number of benzene rings is 2. The van der Waals surface area contributed by atoms with E-state index < -0.39 is 10.7 Å². The van der Waals surface area contributed by atoms with Crippen LogP contribution in [0.3, 0.4) is 0 Å². The van der Waals surface area contributed by atoms with Crippen molar-refractivity contribution >= 4 is 11.4 Å². The maximum Gasteiger partial charge on any atom is 0.269 e. The fourth-order valence-corrected chi connectivity index (χ4v) is 1.72. The Morgan fingerprint density at radius 3 is 2.80 bits per heavy atom. The highest BCUT2D eigenvalue weighted by atomic mass is 19.1. The summed E-state index contributed by atoms with van der Waals surface area (Å²) < 4.78 is 19.1. The van der Waals surface area contributed by atoms with Crippen LogP contribution in [0.2, 0.25) is 0 Å². The van der Waals surface area contributed by atoms with Gasteiger partial charge in [-0.05, 0) is 24.6 Å². The Balaban J connectivity index is 2.20. The van der Waals surface area contributed by atoms with Gasteiger partial charge >= 0.3 is 0 Å². The van der Waals surface area contributed by atoms with Gasteiger partial charge in [0.15, 0.2) is 11.6 Å². The normalized spacial score (nSPS) is 10.3. The van der Waals surface area contributed by atoms with Gasteiger partial charge in [-0.1, -0.05) is 12.1 Å². The van der Waals surface area contributed by atoms with Crippen molar-refractivity contribution in [2.75, 3.05) is 5.73 Å². The number of aryl methyl sites for hydroxylation is 1. The molecule has 0 fully saturated rings. The highest BCUT2D eigenvalue weighted by Gasteiger charge is 2.11. The molecule has 0 aliphatic heterocycles. The minimum atomic E-state index is -0.518. The number of ether oxygens (including phenoxy) is 1. The van der Waals surface area contributed by atoms with Crippen molar-refractivity contribution in [3.05, 3.63) is 63.5 Å².